The fourth-order valence-corrected chi connectivity index (χ4v) is 6.56. The average molecular weight is 801 g/mol. The lowest BCUT2D eigenvalue weighted by Gasteiger charge is -2.24. The molecule has 0 aromatic rings. The van der Waals surface area contributed by atoms with Crippen LogP contribution in [0, 0.1) is 0 Å². The Labute approximate surface area is 336 Å². The quantitative estimate of drug-likeness (QED) is 0.0156. The van der Waals surface area contributed by atoms with Crippen molar-refractivity contribution in [1.29, 1.82) is 0 Å². The van der Waals surface area contributed by atoms with Crippen LogP contribution >= 0.6 is 7.82 Å². The molecule has 0 heterocycles. The number of allylic oxidation sites excluding steroid dienone is 4. The SMILES string of the molecule is CC/C=C/CC(O)/C=C/C=C/CCCCCCCC(=O)OC[C@H](COP(=O)(O)OCC[N+](C)(C)C)OC(=O)CCCCCCCCCCCCCCCCC. The Morgan fingerprint density at radius 3 is 1.73 bits per heavy atom. The topological polar surface area (TPSA) is 129 Å². The van der Waals surface area contributed by atoms with Gasteiger partial charge in [0, 0.05) is 12.8 Å². The first-order chi connectivity index (χ1) is 26.4. The molecule has 2 N–H and O–H groups in total. The molecule has 55 heavy (non-hydrogen) atoms. The van der Waals surface area contributed by atoms with Crippen molar-refractivity contribution in [3.8, 4) is 0 Å². The molecule has 3 atom stereocenters. The Bertz CT molecular complexity index is 1060. The summed E-state index contributed by atoms with van der Waals surface area (Å²) in [5, 5.41) is 9.88. The molecule has 0 amide bonds. The summed E-state index contributed by atoms with van der Waals surface area (Å²) in [5.74, 6) is -0.849. The largest absolute Gasteiger partial charge is 0.472 e. The lowest BCUT2D eigenvalue weighted by molar-refractivity contribution is -0.870. The molecule has 2 unspecified atom stereocenters. The lowest BCUT2D eigenvalue weighted by Crippen LogP contribution is -2.37. The summed E-state index contributed by atoms with van der Waals surface area (Å²) in [6, 6.07) is 0. The number of nitrogens with zero attached hydrogens (tertiary/aromatic N) is 1. The number of quaternary nitrogens is 1. The molecule has 0 spiro atoms. The minimum absolute atomic E-state index is 0.0202. The number of aliphatic hydroxyl groups is 1. The molecular formula is C44H83NO9P+. The monoisotopic (exact) mass is 801 g/mol. The minimum atomic E-state index is -4.39. The Hall–Kier alpha value is -1.81. The summed E-state index contributed by atoms with van der Waals surface area (Å²) < 4.78 is 34.2. The fourth-order valence-electron chi connectivity index (χ4n) is 5.81. The van der Waals surface area contributed by atoms with Crippen molar-refractivity contribution in [3.63, 3.8) is 0 Å². The highest BCUT2D eigenvalue weighted by molar-refractivity contribution is 7.47. The number of unbranched alkanes of at least 4 members (excludes halogenated alkanes) is 19. The maximum Gasteiger partial charge on any atom is 0.472 e. The molecule has 11 heteroatoms. The van der Waals surface area contributed by atoms with Gasteiger partial charge in [-0.1, -0.05) is 159 Å². The highest BCUT2D eigenvalue weighted by atomic mass is 31.2. The highest BCUT2D eigenvalue weighted by Gasteiger charge is 2.27. The Kier molecular flexibility index (Phi) is 35.3. The van der Waals surface area contributed by atoms with Crippen LogP contribution in [0.3, 0.4) is 0 Å². The van der Waals surface area contributed by atoms with Gasteiger partial charge < -0.3 is 24.0 Å². The van der Waals surface area contributed by atoms with E-state index in [0.29, 0.717) is 30.3 Å². The molecule has 0 saturated carbocycles. The highest BCUT2D eigenvalue weighted by Crippen LogP contribution is 2.43. The van der Waals surface area contributed by atoms with Crippen LogP contribution in [-0.4, -0.2) is 86.1 Å². The first-order valence-corrected chi connectivity index (χ1v) is 23.3. The predicted molar refractivity (Wildman–Crippen MR) is 226 cm³/mol. The van der Waals surface area contributed by atoms with Gasteiger partial charge in [0.15, 0.2) is 6.10 Å². The average Bonchev–Trinajstić information content (AvgIpc) is 3.12. The number of carbonyl (C=O) groups is 2. The van der Waals surface area contributed by atoms with Gasteiger partial charge in [-0.3, -0.25) is 18.6 Å². The van der Waals surface area contributed by atoms with Crippen LogP contribution in [0.25, 0.3) is 0 Å². The van der Waals surface area contributed by atoms with Crippen LogP contribution < -0.4 is 0 Å². The number of phosphoric acid groups is 1. The van der Waals surface area contributed by atoms with Crippen molar-refractivity contribution in [3.05, 3.63) is 36.5 Å². The van der Waals surface area contributed by atoms with E-state index >= 15 is 0 Å². The number of esters is 2. The van der Waals surface area contributed by atoms with Gasteiger partial charge in [-0.2, -0.15) is 0 Å². The molecule has 0 aromatic carbocycles. The molecule has 0 rings (SSSR count). The smallest absolute Gasteiger partial charge is 0.462 e. The maximum absolute atomic E-state index is 12.7. The number of likely N-dealkylation sites (N-methyl/N-ethyl adjacent to an activating group) is 1. The molecule has 322 valence electrons. The van der Waals surface area contributed by atoms with Crippen molar-refractivity contribution in [2.45, 2.75) is 187 Å². The van der Waals surface area contributed by atoms with Gasteiger partial charge in [0.2, 0.25) is 0 Å². The van der Waals surface area contributed by atoms with Crippen LogP contribution in [0.5, 0.6) is 0 Å². The summed E-state index contributed by atoms with van der Waals surface area (Å²) in [6.45, 7) is 4.17. The van der Waals surface area contributed by atoms with Crippen LogP contribution in [0.4, 0.5) is 0 Å². The fraction of sp³-hybridized carbons (Fsp3) is 0.818. The summed E-state index contributed by atoms with van der Waals surface area (Å²) in [7, 11) is 1.44. The van der Waals surface area contributed by atoms with Gasteiger partial charge in [-0.25, -0.2) is 4.57 Å². The summed E-state index contributed by atoms with van der Waals surface area (Å²) in [5.41, 5.74) is 0. The first kappa shape index (κ1) is 53.2. The first-order valence-electron chi connectivity index (χ1n) is 21.8. The third-order valence-corrected chi connectivity index (χ3v) is 10.2. The summed E-state index contributed by atoms with van der Waals surface area (Å²) >= 11 is 0. The molecule has 0 saturated heterocycles. The third-order valence-electron chi connectivity index (χ3n) is 9.26. The zero-order chi connectivity index (χ0) is 40.9. The molecule has 0 aromatic heterocycles. The van der Waals surface area contributed by atoms with Crippen LogP contribution in [0.15, 0.2) is 36.5 Å². The van der Waals surface area contributed by atoms with Gasteiger partial charge in [-0.05, 0) is 38.5 Å². The van der Waals surface area contributed by atoms with Crippen LogP contribution in [0.1, 0.15) is 174 Å². The molecule has 0 bridgehead atoms. The molecule has 0 aliphatic carbocycles. The molecule has 0 radical (unpaired) electrons. The molecule has 0 aliphatic heterocycles. The minimum Gasteiger partial charge on any atom is -0.462 e. The number of ether oxygens (including phenoxy) is 2. The normalized spacial score (nSPS) is 14.5. The van der Waals surface area contributed by atoms with Crippen molar-refractivity contribution in [1.82, 2.24) is 0 Å². The van der Waals surface area contributed by atoms with E-state index in [4.69, 9.17) is 18.5 Å². The second-order valence-electron chi connectivity index (χ2n) is 15.9. The standard InChI is InChI=1S/C44H82NO9P/c1-6-8-10-11-12-13-14-15-16-17-18-21-25-28-32-36-44(48)54-42(40-53-55(49,50)52-38-37-45(3,4)5)39-51-43(47)35-31-27-24-22-19-20-23-26-30-34-41(46)33-29-9-7-2/h9,23,26,29-30,34,41-42,46H,6-8,10-22,24-25,27-28,31-33,35-40H2,1-5H3/p+1/b26-23+,29-9+,34-30+/t41?,42-/m1/s1. The second kappa shape index (κ2) is 36.5. The number of hydrogen-bond acceptors (Lipinski definition) is 8. The maximum atomic E-state index is 12.7. The van der Waals surface area contributed by atoms with E-state index in [1.54, 1.807) is 6.08 Å². The van der Waals surface area contributed by atoms with Gasteiger partial charge in [-0.15, -0.1) is 0 Å². The molecule has 0 aliphatic rings. The number of carbonyl (C=O) groups excluding carboxylic acids is 2. The van der Waals surface area contributed by atoms with Crippen molar-refractivity contribution in [2.24, 2.45) is 0 Å². The van der Waals surface area contributed by atoms with E-state index < -0.39 is 38.6 Å². The van der Waals surface area contributed by atoms with Gasteiger partial charge >= 0.3 is 19.8 Å². The summed E-state index contributed by atoms with van der Waals surface area (Å²) in [6.07, 6.45) is 36.6. The van der Waals surface area contributed by atoms with E-state index in [9.17, 15) is 24.2 Å². The van der Waals surface area contributed by atoms with Gasteiger partial charge in [0.25, 0.3) is 0 Å². The van der Waals surface area contributed by atoms with E-state index in [1.807, 2.05) is 39.4 Å². The second-order valence-corrected chi connectivity index (χ2v) is 17.4. The van der Waals surface area contributed by atoms with Gasteiger partial charge in [0.1, 0.15) is 19.8 Å². The number of phosphoric ester groups is 1. The Morgan fingerprint density at radius 1 is 0.655 bits per heavy atom. The third kappa shape index (κ3) is 40.2. The van der Waals surface area contributed by atoms with Crippen molar-refractivity contribution in [2.75, 3.05) is 47.5 Å². The van der Waals surface area contributed by atoms with E-state index in [2.05, 4.69) is 26.0 Å². The van der Waals surface area contributed by atoms with Crippen LogP contribution in [-0.2, 0) is 32.7 Å². The van der Waals surface area contributed by atoms with Crippen molar-refractivity contribution >= 4 is 19.8 Å². The van der Waals surface area contributed by atoms with E-state index in [0.717, 1.165) is 57.8 Å². The predicted octanol–water partition coefficient (Wildman–Crippen LogP) is 11.1. The number of hydrogen-bond donors (Lipinski definition) is 2. The molecule has 0 fully saturated rings. The molecular weight excluding hydrogens is 717 g/mol. The number of rotatable bonds is 39. The Balaban J connectivity index is 4.42. The Morgan fingerprint density at radius 2 is 1.18 bits per heavy atom. The van der Waals surface area contributed by atoms with Crippen LogP contribution in [0.2, 0.25) is 0 Å². The van der Waals surface area contributed by atoms with E-state index in [-0.39, 0.29) is 26.1 Å². The number of aliphatic hydroxyl groups excluding tert-OH is 1. The summed E-state index contributed by atoms with van der Waals surface area (Å²) in [4.78, 5) is 35.3. The van der Waals surface area contributed by atoms with Gasteiger partial charge in [0.05, 0.1) is 33.9 Å². The zero-order valence-corrected chi connectivity index (χ0v) is 36.7. The van der Waals surface area contributed by atoms with E-state index in [1.165, 1.54) is 70.6 Å². The lowest BCUT2D eigenvalue weighted by atomic mass is 10.0. The van der Waals surface area contributed by atoms with Crippen molar-refractivity contribution < 1.29 is 47.2 Å². The molecule has 10 nitrogen and oxygen atoms in total. The zero-order valence-electron chi connectivity index (χ0n) is 35.8.